The molecule has 1 aromatic heterocycles. The number of aryl methyl sites for hydroxylation is 2. The maximum atomic E-state index is 13.1. The molecule has 1 heterocycles. The molecule has 8 heteroatoms. The molecule has 2 aromatic rings. The Kier molecular flexibility index (Phi) is 3.73. The van der Waals surface area contributed by atoms with Gasteiger partial charge in [-0.1, -0.05) is 6.07 Å². The van der Waals surface area contributed by atoms with Crippen LogP contribution in [0.3, 0.4) is 0 Å². The van der Waals surface area contributed by atoms with Crippen molar-refractivity contribution < 1.29 is 27.1 Å². The maximum absolute atomic E-state index is 13.1. The average molecular weight is 313 g/mol. The Balaban J connectivity index is 2.53. The second-order valence-electron chi connectivity index (χ2n) is 4.34. The first-order chi connectivity index (χ1) is 9.72. The molecule has 0 saturated carbocycles. The summed E-state index contributed by atoms with van der Waals surface area (Å²) in [7, 11) is -4.21. The van der Waals surface area contributed by atoms with Gasteiger partial charge in [-0.25, -0.2) is 17.6 Å². The van der Waals surface area contributed by atoms with E-state index in [1.165, 1.54) is 26.0 Å². The number of benzene rings is 1. The first kappa shape index (κ1) is 15.0. The van der Waals surface area contributed by atoms with Gasteiger partial charge in [0.15, 0.2) is 0 Å². The van der Waals surface area contributed by atoms with E-state index in [1.807, 2.05) is 0 Å². The van der Waals surface area contributed by atoms with Crippen LogP contribution >= 0.6 is 0 Å². The monoisotopic (exact) mass is 313 g/mol. The van der Waals surface area contributed by atoms with E-state index in [0.29, 0.717) is 0 Å². The zero-order valence-electron chi connectivity index (χ0n) is 11.2. The summed E-state index contributed by atoms with van der Waals surface area (Å²) in [5.74, 6) is -2.09. The zero-order chi connectivity index (χ0) is 15.8. The van der Waals surface area contributed by atoms with Crippen molar-refractivity contribution in [3.63, 3.8) is 0 Å². The van der Waals surface area contributed by atoms with E-state index in [2.05, 4.69) is 4.72 Å². The van der Waals surface area contributed by atoms with Crippen molar-refractivity contribution in [3.8, 4) is 0 Å². The lowest BCUT2D eigenvalue weighted by Crippen LogP contribution is -2.17. The van der Waals surface area contributed by atoms with Crippen LogP contribution in [-0.2, 0) is 10.0 Å². The molecular formula is C13H12FNO5S. The Morgan fingerprint density at radius 1 is 1.29 bits per heavy atom. The van der Waals surface area contributed by atoms with E-state index in [0.717, 1.165) is 12.1 Å². The second-order valence-corrected chi connectivity index (χ2v) is 5.96. The Hall–Kier alpha value is -2.35. The SMILES string of the molecule is Cc1oc(C)c(S(=O)(=O)Nc2cccc(F)c2)c1C(=O)O. The second kappa shape index (κ2) is 5.21. The van der Waals surface area contributed by atoms with Crippen LogP contribution in [0, 0.1) is 19.7 Å². The van der Waals surface area contributed by atoms with Crippen molar-refractivity contribution in [1.29, 1.82) is 0 Å². The van der Waals surface area contributed by atoms with Crippen LogP contribution in [0.15, 0.2) is 33.6 Å². The minimum absolute atomic E-state index is 0.00964. The molecular weight excluding hydrogens is 301 g/mol. The molecule has 0 atom stereocenters. The Morgan fingerprint density at radius 3 is 2.52 bits per heavy atom. The Morgan fingerprint density at radius 2 is 1.95 bits per heavy atom. The fourth-order valence-electron chi connectivity index (χ4n) is 1.99. The number of nitrogens with one attached hydrogen (secondary N) is 1. The molecule has 1 aromatic carbocycles. The van der Waals surface area contributed by atoms with Gasteiger partial charge in [-0.15, -0.1) is 0 Å². The van der Waals surface area contributed by atoms with Crippen molar-refractivity contribution in [2.24, 2.45) is 0 Å². The number of carboxylic acids is 1. The molecule has 112 valence electrons. The minimum atomic E-state index is -4.21. The number of aromatic carboxylic acids is 1. The predicted octanol–water partition coefficient (Wildman–Crippen LogP) is 2.53. The number of hydrogen-bond acceptors (Lipinski definition) is 4. The standard InChI is InChI=1S/C13H12FNO5S/c1-7-11(13(16)17)12(8(2)20-7)21(18,19)15-10-5-3-4-9(14)6-10/h3-6,15H,1-2H3,(H,16,17). The third kappa shape index (κ3) is 2.89. The third-order valence-corrected chi connectivity index (χ3v) is 4.30. The lowest BCUT2D eigenvalue weighted by Gasteiger charge is -2.08. The van der Waals surface area contributed by atoms with Gasteiger partial charge in [0.1, 0.15) is 27.8 Å². The first-order valence-corrected chi connectivity index (χ1v) is 7.32. The minimum Gasteiger partial charge on any atom is -0.478 e. The third-order valence-electron chi connectivity index (χ3n) is 2.76. The average Bonchev–Trinajstić information content (AvgIpc) is 2.64. The highest BCUT2D eigenvalue weighted by molar-refractivity contribution is 7.92. The van der Waals surface area contributed by atoms with Crippen molar-refractivity contribution in [2.75, 3.05) is 4.72 Å². The van der Waals surface area contributed by atoms with Gasteiger partial charge in [0.25, 0.3) is 10.0 Å². The summed E-state index contributed by atoms with van der Waals surface area (Å²) in [6.07, 6.45) is 0. The molecule has 0 saturated heterocycles. The van der Waals surface area contributed by atoms with Crippen LogP contribution in [0.1, 0.15) is 21.9 Å². The fraction of sp³-hybridized carbons (Fsp3) is 0.154. The lowest BCUT2D eigenvalue weighted by atomic mass is 10.2. The largest absolute Gasteiger partial charge is 0.478 e. The van der Waals surface area contributed by atoms with Crippen LogP contribution in [0.5, 0.6) is 0 Å². The van der Waals surface area contributed by atoms with Crippen LogP contribution in [0.4, 0.5) is 10.1 Å². The Bertz CT molecular complexity index is 810. The summed E-state index contributed by atoms with van der Waals surface area (Å²) in [6, 6.07) is 4.83. The molecule has 0 unspecified atom stereocenters. The van der Waals surface area contributed by atoms with E-state index in [9.17, 15) is 17.6 Å². The summed E-state index contributed by atoms with van der Waals surface area (Å²) in [5.41, 5.74) is -0.444. The van der Waals surface area contributed by atoms with Gasteiger partial charge in [0.2, 0.25) is 0 Å². The van der Waals surface area contributed by atoms with Gasteiger partial charge in [0.05, 0.1) is 5.69 Å². The molecule has 0 fully saturated rings. The summed E-state index contributed by atoms with van der Waals surface area (Å²) in [6.45, 7) is 2.71. The molecule has 0 aliphatic rings. The van der Waals surface area contributed by atoms with E-state index in [-0.39, 0.29) is 17.2 Å². The zero-order valence-corrected chi connectivity index (χ0v) is 12.0. The molecule has 0 bridgehead atoms. The van der Waals surface area contributed by atoms with Gasteiger partial charge in [-0.2, -0.15) is 0 Å². The van der Waals surface area contributed by atoms with E-state index < -0.39 is 32.3 Å². The smallest absolute Gasteiger partial charge is 0.340 e. The molecule has 21 heavy (non-hydrogen) atoms. The fourth-order valence-corrected chi connectivity index (χ4v) is 3.45. The first-order valence-electron chi connectivity index (χ1n) is 5.84. The van der Waals surface area contributed by atoms with Crippen LogP contribution in [-0.4, -0.2) is 19.5 Å². The quantitative estimate of drug-likeness (QED) is 0.904. The number of rotatable bonds is 4. The van der Waals surface area contributed by atoms with E-state index >= 15 is 0 Å². The molecule has 0 aliphatic heterocycles. The van der Waals surface area contributed by atoms with Gasteiger partial charge in [0, 0.05) is 0 Å². The van der Waals surface area contributed by atoms with Crippen LogP contribution in [0.2, 0.25) is 0 Å². The highest BCUT2D eigenvalue weighted by Crippen LogP contribution is 2.28. The molecule has 2 rings (SSSR count). The molecule has 0 amide bonds. The number of carbonyl (C=O) groups is 1. The number of hydrogen-bond donors (Lipinski definition) is 2. The molecule has 2 N–H and O–H groups in total. The number of carboxylic acid groups (broad SMARTS) is 1. The summed E-state index contributed by atoms with van der Waals surface area (Å²) in [5, 5.41) is 9.12. The van der Waals surface area contributed by atoms with Crippen molar-refractivity contribution in [2.45, 2.75) is 18.7 Å². The van der Waals surface area contributed by atoms with Crippen molar-refractivity contribution in [3.05, 3.63) is 47.2 Å². The highest BCUT2D eigenvalue weighted by Gasteiger charge is 2.30. The van der Waals surface area contributed by atoms with Gasteiger partial charge in [-0.3, -0.25) is 4.72 Å². The van der Waals surface area contributed by atoms with E-state index in [1.54, 1.807) is 0 Å². The van der Waals surface area contributed by atoms with Gasteiger partial charge < -0.3 is 9.52 Å². The maximum Gasteiger partial charge on any atom is 0.340 e. The highest BCUT2D eigenvalue weighted by atomic mass is 32.2. The summed E-state index contributed by atoms with van der Waals surface area (Å²) >= 11 is 0. The van der Waals surface area contributed by atoms with E-state index in [4.69, 9.17) is 9.52 Å². The van der Waals surface area contributed by atoms with Crippen LogP contribution in [0.25, 0.3) is 0 Å². The molecule has 0 radical (unpaired) electrons. The van der Waals surface area contributed by atoms with Gasteiger partial charge >= 0.3 is 5.97 Å². The molecule has 0 spiro atoms. The predicted molar refractivity (Wildman–Crippen MR) is 72.3 cm³/mol. The number of furan rings is 1. The lowest BCUT2D eigenvalue weighted by molar-refractivity contribution is 0.0691. The topological polar surface area (TPSA) is 96.6 Å². The number of sulfonamides is 1. The molecule has 0 aliphatic carbocycles. The Labute approximate surface area is 120 Å². The summed E-state index contributed by atoms with van der Waals surface area (Å²) < 4.78 is 44.9. The number of anilines is 1. The summed E-state index contributed by atoms with van der Waals surface area (Å²) in [4.78, 5) is 10.7. The van der Waals surface area contributed by atoms with Crippen molar-refractivity contribution in [1.82, 2.24) is 0 Å². The number of halogens is 1. The van der Waals surface area contributed by atoms with Crippen molar-refractivity contribution >= 4 is 21.7 Å². The van der Waals surface area contributed by atoms with Gasteiger partial charge in [-0.05, 0) is 32.0 Å². The van der Waals surface area contributed by atoms with Crippen LogP contribution < -0.4 is 4.72 Å². The normalized spacial score (nSPS) is 11.4. The molecule has 6 nitrogen and oxygen atoms in total.